The molecule has 1 fully saturated rings. The molecule has 166 valence electrons. The molecule has 0 spiro atoms. The number of aromatic nitrogens is 3. The first kappa shape index (κ1) is 20.7. The second-order valence-electron chi connectivity index (χ2n) is 9.49. The Morgan fingerprint density at radius 1 is 1.28 bits per heavy atom. The fourth-order valence-electron chi connectivity index (χ4n) is 5.38. The molecule has 0 saturated heterocycles. The van der Waals surface area contributed by atoms with Crippen LogP contribution in [0.15, 0.2) is 36.5 Å². The molecule has 2 atom stereocenters. The van der Waals surface area contributed by atoms with Crippen molar-refractivity contribution in [1.29, 1.82) is 0 Å². The summed E-state index contributed by atoms with van der Waals surface area (Å²) in [5.41, 5.74) is 2.73. The van der Waals surface area contributed by atoms with Crippen molar-refractivity contribution < 1.29 is 18.7 Å². The number of carbonyl (C=O) groups is 1. The van der Waals surface area contributed by atoms with Gasteiger partial charge in [-0.05, 0) is 73.9 Å². The van der Waals surface area contributed by atoms with Crippen LogP contribution in [0.25, 0.3) is 27.5 Å². The Kier molecular flexibility index (Phi) is 4.62. The minimum Gasteiger partial charge on any atom is -0.481 e. The molecule has 0 unspecified atom stereocenters. The number of carboxylic acids is 1. The normalized spacial score (nSPS) is 21.2. The minimum atomic E-state index is -0.836. The summed E-state index contributed by atoms with van der Waals surface area (Å²) in [6.45, 7) is 5.87. The molecule has 32 heavy (non-hydrogen) atoms. The van der Waals surface area contributed by atoms with Crippen LogP contribution >= 0.6 is 0 Å². The van der Waals surface area contributed by atoms with Crippen LogP contribution in [-0.4, -0.2) is 25.8 Å². The molecular weight excluding hydrogens is 412 g/mol. The van der Waals surface area contributed by atoms with Gasteiger partial charge >= 0.3 is 5.97 Å². The first-order valence-electron chi connectivity index (χ1n) is 10.9. The second kappa shape index (κ2) is 7.15. The number of nitrogens with zero attached hydrogens (tertiary/aromatic N) is 2. The Bertz CT molecular complexity index is 1350. The summed E-state index contributed by atoms with van der Waals surface area (Å²) in [5, 5.41) is 17.7. The van der Waals surface area contributed by atoms with Crippen LogP contribution < -0.4 is 0 Å². The van der Waals surface area contributed by atoms with Gasteiger partial charge in [0.05, 0.1) is 17.1 Å². The predicted molar refractivity (Wildman–Crippen MR) is 119 cm³/mol. The van der Waals surface area contributed by atoms with Gasteiger partial charge in [-0.3, -0.25) is 9.89 Å². The SMILES string of the molecule is CC(C)c1c([C@@H]2CC[C@@](C)(C(=O)O)C2)c2c(F)c3[nH]ncc3cc2n1-c1ccc(F)cc1. The van der Waals surface area contributed by atoms with Gasteiger partial charge in [0.1, 0.15) is 11.3 Å². The van der Waals surface area contributed by atoms with Crippen molar-refractivity contribution in [2.75, 3.05) is 0 Å². The number of fused-ring (bicyclic) bond motifs is 2. The summed E-state index contributed by atoms with van der Waals surface area (Å²) in [5.74, 6) is -1.59. The van der Waals surface area contributed by atoms with Gasteiger partial charge in [-0.15, -0.1) is 0 Å². The molecule has 0 radical (unpaired) electrons. The summed E-state index contributed by atoms with van der Waals surface area (Å²) in [6, 6.07) is 8.08. The van der Waals surface area contributed by atoms with Crippen LogP contribution in [0, 0.1) is 17.0 Å². The third kappa shape index (κ3) is 2.94. The van der Waals surface area contributed by atoms with E-state index in [1.807, 2.05) is 24.5 Å². The molecule has 4 aromatic rings. The Morgan fingerprint density at radius 3 is 2.62 bits per heavy atom. The number of aromatic amines is 1. The second-order valence-corrected chi connectivity index (χ2v) is 9.49. The van der Waals surface area contributed by atoms with Crippen LogP contribution in [0.4, 0.5) is 8.78 Å². The summed E-state index contributed by atoms with van der Waals surface area (Å²) in [4.78, 5) is 11.9. The Labute approximate surface area is 184 Å². The number of benzene rings is 2. The van der Waals surface area contributed by atoms with Gasteiger partial charge in [0.25, 0.3) is 0 Å². The lowest BCUT2D eigenvalue weighted by Crippen LogP contribution is -2.23. The maximum atomic E-state index is 15.9. The van der Waals surface area contributed by atoms with E-state index in [4.69, 9.17) is 0 Å². The molecule has 5 nitrogen and oxygen atoms in total. The lowest BCUT2D eigenvalue weighted by molar-refractivity contribution is -0.147. The predicted octanol–water partition coefficient (Wildman–Crippen LogP) is 6.27. The summed E-state index contributed by atoms with van der Waals surface area (Å²) >= 11 is 0. The van der Waals surface area contributed by atoms with Crippen molar-refractivity contribution in [3.8, 4) is 5.69 Å². The lowest BCUT2D eigenvalue weighted by Gasteiger charge is -2.21. The maximum absolute atomic E-state index is 15.9. The molecule has 2 aromatic heterocycles. The molecule has 2 aromatic carbocycles. The summed E-state index contributed by atoms with van der Waals surface area (Å²) in [6.07, 6.45) is 3.25. The van der Waals surface area contributed by atoms with E-state index in [1.165, 1.54) is 12.1 Å². The number of hydrogen-bond donors (Lipinski definition) is 2. The molecule has 0 aliphatic heterocycles. The van der Waals surface area contributed by atoms with Crippen LogP contribution in [0.1, 0.15) is 63.1 Å². The molecular formula is C25H25F2N3O2. The van der Waals surface area contributed by atoms with Gasteiger partial charge in [0.15, 0.2) is 5.82 Å². The van der Waals surface area contributed by atoms with Gasteiger partial charge in [-0.1, -0.05) is 13.8 Å². The Balaban J connectivity index is 1.87. The standard InChI is InChI=1S/C25H25F2N3O2/c1-13(2)23-19(14-8-9-25(3,11-14)24(31)32)20-18(10-15-12-28-29-22(15)21(20)27)30(23)17-6-4-16(26)5-7-17/h4-7,10,12-14H,8-9,11H2,1-3H3,(H,28,29)(H,31,32)/t14-,25-/m1/s1. The molecule has 1 saturated carbocycles. The first-order chi connectivity index (χ1) is 15.2. The number of nitrogens with one attached hydrogen (secondary N) is 1. The molecule has 2 heterocycles. The summed E-state index contributed by atoms with van der Waals surface area (Å²) in [7, 11) is 0. The smallest absolute Gasteiger partial charge is 0.309 e. The molecule has 1 aliphatic rings. The monoisotopic (exact) mass is 437 g/mol. The molecule has 2 N–H and O–H groups in total. The third-order valence-electron chi connectivity index (χ3n) is 6.98. The van der Waals surface area contributed by atoms with Gasteiger partial charge < -0.3 is 9.67 Å². The highest BCUT2D eigenvalue weighted by Gasteiger charge is 2.44. The van der Waals surface area contributed by atoms with Crippen molar-refractivity contribution in [3.05, 3.63) is 59.4 Å². The van der Waals surface area contributed by atoms with E-state index in [2.05, 4.69) is 10.2 Å². The highest BCUT2D eigenvalue weighted by Crippen LogP contribution is 2.51. The van der Waals surface area contributed by atoms with Crippen LogP contribution in [0.5, 0.6) is 0 Å². The fraction of sp³-hybridized carbons (Fsp3) is 0.360. The van der Waals surface area contributed by atoms with Gasteiger partial charge in [0, 0.05) is 22.2 Å². The summed E-state index contributed by atoms with van der Waals surface area (Å²) < 4.78 is 31.6. The van der Waals surface area contributed by atoms with Crippen molar-refractivity contribution in [3.63, 3.8) is 0 Å². The average Bonchev–Trinajstić information content (AvgIpc) is 3.45. The van der Waals surface area contributed by atoms with Crippen molar-refractivity contribution in [1.82, 2.24) is 14.8 Å². The lowest BCUT2D eigenvalue weighted by atomic mass is 9.84. The van der Waals surface area contributed by atoms with E-state index < -0.39 is 11.4 Å². The zero-order chi connectivity index (χ0) is 22.8. The number of halogens is 2. The number of H-pyrrole nitrogens is 1. The van der Waals surface area contributed by atoms with Crippen molar-refractivity contribution in [2.45, 2.75) is 51.9 Å². The number of rotatable bonds is 4. The van der Waals surface area contributed by atoms with E-state index >= 15 is 4.39 Å². The van der Waals surface area contributed by atoms with E-state index in [0.717, 1.165) is 16.9 Å². The molecule has 5 rings (SSSR count). The number of aliphatic carboxylic acids is 1. The van der Waals surface area contributed by atoms with Crippen molar-refractivity contribution >= 4 is 27.8 Å². The Morgan fingerprint density at radius 2 is 2.00 bits per heavy atom. The fourth-order valence-corrected chi connectivity index (χ4v) is 5.38. The van der Waals surface area contributed by atoms with Gasteiger partial charge in [-0.2, -0.15) is 5.10 Å². The Hall–Kier alpha value is -3.22. The van der Waals surface area contributed by atoms with Gasteiger partial charge in [-0.25, -0.2) is 8.78 Å². The van der Waals surface area contributed by atoms with E-state index in [0.29, 0.717) is 41.1 Å². The van der Waals surface area contributed by atoms with E-state index in [1.54, 1.807) is 25.3 Å². The highest BCUT2D eigenvalue weighted by atomic mass is 19.1. The topological polar surface area (TPSA) is 70.9 Å². The van der Waals surface area contributed by atoms with Crippen LogP contribution in [0.3, 0.4) is 0 Å². The minimum absolute atomic E-state index is 0.0370. The zero-order valence-corrected chi connectivity index (χ0v) is 18.2. The molecule has 1 aliphatic carbocycles. The zero-order valence-electron chi connectivity index (χ0n) is 18.2. The maximum Gasteiger partial charge on any atom is 0.309 e. The molecule has 7 heteroatoms. The quantitative estimate of drug-likeness (QED) is 0.395. The highest BCUT2D eigenvalue weighted by molar-refractivity contribution is 6.00. The number of hydrogen-bond acceptors (Lipinski definition) is 2. The van der Waals surface area contributed by atoms with E-state index in [9.17, 15) is 14.3 Å². The number of carboxylic acid groups (broad SMARTS) is 1. The first-order valence-corrected chi connectivity index (χ1v) is 10.9. The molecule has 0 bridgehead atoms. The van der Waals surface area contributed by atoms with Crippen LogP contribution in [0.2, 0.25) is 0 Å². The van der Waals surface area contributed by atoms with E-state index in [-0.39, 0.29) is 23.5 Å². The van der Waals surface area contributed by atoms with Crippen LogP contribution in [-0.2, 0) is 4.79 Å². The molecule has 0 amide bonds. The largest absolute Gasteiger partial charge is 0.481 e. The van der Waals surface area contributed by atoms with Crippen molar-refractivity contribution in [2.24, 2.45) is 5.41 Å². The third-order valence-corrected chi connectivity index (χ3v) is 6.98. The average molecular weight is 437 g/mol. The van der Waals surface area contributed by atoms with Gasteiger partial charge in [0.2, 0.25) is 0 Å².